The van der Waals surface area contributed by atoms with E-state index >= 15 is 0 Å². The molecule has 0 heterocycles. The number of aryl methyl sites for hydroxylation is 1. The number of carbonyl (C=O) groups excluding carboxylic acids is 1. The minimum absolute atomic E-state index is 0.0854. The van der Waals surface area contributed by atoms with Gasteiger partial charge in [0, 0.05) is 11.1 Å². The molecule has 2 nitrogen and oxygen atoms in total. The molecule has 0 bridgehead atoms. The van der Waals surface area contributed by atoms with Crippen LogP contribution in [-0.2, 0) is 12.8 Å². The molecule has 2 N–H and O–H groups in total. The van der Waals surface area contributed by atoms with Crippen molar-refractivity contribution < 1.29 is 4.79 Å². The van der Waals surface area contributed by atoms with Gasteiger partial charge in [-0.25, -0.2) is 0 Å². The van der Waals surface area contributed by atoms with Crippen molar-refractivity contribution in [3.8, 4) is 0 Å². The molecule has 104 valence electrons. The van der Waals surface area contributed by atoms with Gasteiger partial charge in [-0.2, -0.15) is 0 Å². The van der Waals surface area contributed by atoms with Gasteiger partial charge in [0.05, 0.1) is 0 Å². The van der Waals surface area contributed by atoms with Gasteiger partial charge >= 0.3 is 0 Å². The second kappa shape index (κ2) is 7.01. The Morgan fingerprint density at radius 2 is 1.70 bits per heavy atom. The maximum atomic E-state index is 12.4. The second-order valence-corrected chi connectivity index (χ2v) is 5.02. The highest BCUT2D eigenvalue weighted by molar-refractivity contribution is 6.09. The van der Waals surface area contributed by atoms with Gasteiger partial charge in [-0.05, 0) is 36.6 Å². The van der Waals surface area contributed by atoms with Gasteiger partial charge < -0.3 is 5.73 Å². The Bertz CT molecular complexity index is 572. The first-order valence-electron chi connectivity index (χ1n) is 7.17. The van der Waals surface area contributed by atoms with E-state index in [0.717, 1.165) is 30.4 Å². The van der Waals surface area contributed by atoms with Crippen molar-refractivity contribution in [2.75, 3.05) is 6.54 Å². The Kier molecular flexibility index (Phi) is 5.08. The summed E-state index contributed by atoms with van der Waals surface area (Å²) in [4.78, 5) is 12.4. The molecule has 0 aromatic heterocycles. The molecule has 0 saturated carbocycles. The number of benzene rings is 2. The van der Waals surface area contributed by atoms with E-state index in [9.17, 15) is 4.79 Å². The smallest absolute Gasteiger partial charge is 0.193 e. The summed E-state index contributed by atoms with van der Waals surface area (Å²) in [6.45, 7) is 2.77. The quantitative estimate of drug-likeness (QED) is 0.815. The van der Waals surface area contributed by atoms with Gasteiger partial charge in [-0.3, -0.25) is 4.79 Å². The molecule has 0 radical (unpaired) electrons. The summed E-state index contributed by atoms with van der Waals surface area (Å²) in [6.07, 6.45) is 2.95. The number of hydrogen-bond acceptors (Lipinski definition) is 2. The fourth-order valence-corrected chi connectivity index (χ4v) is 2.31. The van der Waals surface area contributed by atoms with Crippen molar-refractivity contribution in [1.29, 1.82) is 0 Å². The Morgan fingerprint density at radius 3 is 2.35 bits per heavy atom. The molecule has 0 aliphatic heterocycles. The Labute approximate surface area is 120 Å². The van der Waals surface area contributed by atoms with E-state index in [1.807, 2.05) is 42.5 Å². The van der Waals surface area contributed by atoms with Gasteiger partial charge in [0.2, 0.25) is 0 Å². The molecule has 0 amide bonds. The van der Waals surface area contributed by atoms with Gasteiger partial charge in [0.1, 0.15) is 0 Å². The Balaban J connectivity index is 2.19. The van der Waals surface area contributed by atoms with Crippen LogP contribution in [0, 0.1) is 0 Å². The fraction of sp³-hybridized carbons (Fsp3) is 0.278. The molecule has 2 aromatic rings. The lowest BCUT2D eigenvalue weighted by atomic mass is 9.98. The van der Waals surface area contributed by atoms with Crippen LogP contribution < -0.4 is 5.73 Å². The maximum absolute atomic E-state index is 12.4. The summed E-state index contributed by atoms with van der Waals surface area (Å²) < 4.78 is 0. The lowest BCUT2D eigenvalue weighted by Crippen LogP contribution is -2.04. The number of rotatable bonds is 6. The van der Waals surface area contributed by atoms with Crippen LogP contribution in [0.25, 0.3) is 0 Å². The average molecular weight is 267 g/mol. The molecule has 0 atom stereocenters. The summed E-state index contributed by atoms with van der Waals surface area (Å²) in [7, 11) is 0. The molecular formula is C18H21NO. The zero-order valence-corrected chi connectivity index (χ0v) is 11.9. The van der Waals surface area contributed by atoms with E-state index in [2.05, 4.69) is 13.0 Å². The van der Waals surface area contributed by atoms with Crippen LogP contribution in [0.4, 0.5) is 0 Å². The molecule has 0 unspecified atom stereocenters. The highest BCUT2D eigenvalue weighted by Gasteiger charge is 2.09. The topological polar surface area (TPSA) is 43.1 Å². The third-order valence-corrected chi connectivity index (χ3v) is 3.38. The SMILES string of the molecule is CCCc1cccc(C(=O)c2ccc(CCN)cc2)c1. The predicted octanol–water partition coefficient (Wildman–Crippen LogP) is 3.37. The monoisotopic (exact) mass is 267 g/mol. The van der Waals surface area contributed by atoms with E-state index in [-0.39, 0.29) is 5.78 Å². The van der Waals surface area contributed by atoms with Crippen LogP contribution in [0.15, 0.2) is 48.5 Å². The normalized spacial score (nSPS) is 10.5. The zero-order valence-electron chi connectivity index (χ0n) is 11.9. The molecule has 2 aromatic carbocycles. The summed E-state index contributed by atoms with van der Waals surface area (Å²) >= 11 is 0. The third-order valence-electron chi connectivity index (χ3n) is 3.38. The molecular weight excluding hydrogens is 246 g/mol. The standard InChI is InChI=1S/C18H21NO/c1-2-4-15-5-3-6-17(13-15)18(20)16-9-7-14(8-10-16)11-12-19/h3,5-10,13H,2,4,11-12,19H2,1H3. The molecule has 0 aliphatic rings. The summed E-state index contributed by atoms with van der Waals surface area (Å²) in [5.41, 5.74) is 9.42. The molecule has 0 aliphatic carbocycles. The van der Waals surface area contributed by atoms with E-state index in [1.165, 1.54) is 11.1 Å². The summed E-state index contributed by atoms with van der Waals surface area (Å²) in [5.74, 6) is 0.0854. The molecule has 0 spiro atoms. The first kappa shape index (κ1) is 14.5. The lowest BCUT2D eigenvalue weighted by molar-refractivity contribution is 0.103. The predicted molar refractivity (Wildman–Crippen MR) is 83.1 cm³/mol. The number of ketones is 1. The minimum Gasteiger partial charge on any atom is -0.330 e. The van der Waals surface area contributed by atoms with Crippen molar-refractivity contribution >= 4 is 5.78 Å². The van der Waals surface area contributed by atoms with Crippen LogP contribution in [0.5, 0.6) is 0 Å². The van der Waals surface area contributed by atoms with Crippen LogP contribution in [0.1, 0.15) is 40.4 Å². The molecule has 20 heavy (non-hydrogen) atoms. The van der Waals surface area contributed by atoms with Crippen LogP contribution >= 0.6 is 0 Å². The van der Waals surface area contributed by atoms with Crippen LogP contribution in [0.2, 0.25) is 0 Å². The van der Waals surface area contributed by atoms with Crippen molar-refractivity contribution in [2.45, 2.75) is 26.2 Å². The Hall–Kier alpha value is -1.93. The van der Waals surface area contributed by atoms with Crippen molar-refractivity contribution in [1.82, 2.24) is 0 Å². The minimum atomic E-state index is 0.0854. The molecule has 0 fully saturated rings. The molecule has 0 saturated heterocycles. The highest BCUT2D eigenvalue weighted by atomic mass is 16.1. The average Bonchev–Trinajstić information content (AvgIpc) is 2.48. The maximum Gasteiger partial charge on any atom is 0.193 e. The summed E-state index contributed by atoms with van der Waals surface area (Å²) in [6, 6.07) is 15.7. The van der Waals surface area contributed by atoms with E-state index < -0.39 is 0 Å². The zero-order chi connectivity index (χ0) is 14.4. The van der Waals surface area contributed by atoms with Gasteiger partial charge in [-0.1, -0.05) is 55.8 Å². The lowest BCUT2D eigenvalue weighted by Gasteiger charge is -2.05. The number of carbonyl (C=O) groups is 1. The Morgan fingerprint density at radius 1 is 0.950 bits per heavy atom. The second-order valence-electron chi connectivity index (χ2n) is 5.02. The third kappa shape index (κ3) is 3.55. The van der Waals surface area contributed by atoms with Gasteiger partial charge in [-0.15, -0.1) is 0 Å². The fourth-order valence-electron chi connectivity index (χ4n) is 2.31. The largest absolute Gasteiger partial charge is 0.330 e. The van der Waals surface area contributed by atoms with Crippen LogP contribution in [-0.4, -0.2) is 12.3 Å². The van der Waals surface area contributed by atoms with Gasteiger partial charge in [0.15, 0.2) is 5.78 Å². The first-order valence-corrected chi connectivity index (χ1v) is 7.17. The van der Waals surface area contributed by atoms with Crippen molar-refractivity contribution in [3.63, 3.8) is 0 Å². The molecule has 2 rings (SSSR count). The molecule has 2 heteroatoms. The summed E-state index contributed by atoms with van der Waals surface area (Å²) in [5, 5.41) is 0. The highest BCUT2D eigenvalue weighted by Crippen LogP contribution is 2.14. The number of hydrogen-bond donors (Lipinski definition) is 1. The van der Waals surface area contributed by atoms with E-state index in [4.69, 9.17) is 5.73 Å². The number of nitrogens with two attached hydrogens (primary N) is 1. The van der Waals surface area contributed by atoms with E-state index in [1.54, 1.807) is 0 Å². The van der Waals surface area contributed by atoms with E-state index in [0.29, 0.717) is 6.54 Å². The van der Waals surface area contributed by atoms with Crippen LogP contribution in [0.3, 0.4) is 0 Å². The first-order chi connectivity index (χ1) is 9.74. The van der Waals surface area contributed by atoms with Crippen molar-refractivity contribution in [3.05, 3.63) is 70.8 Å². The van der Waals surface area contributed by atoms with Crippen molar-refractivity contribution in [2.24, 2.45) is 5.73 Å². The van der Waals surface area contributed by atoms with Gasteiger partial charge in [0.25, 0.3) is 0 Å².